The predicted molar refractivity (Wildman–Crippen MR) is 128 cm³/mol. The molecule has 170 valence electrons. The van der Waals surface area contributed by atoms with E-state index in [1.807, 2.05) is 11.0 Å². The van der Waals surface area contributed by atoms with Crippen LogP contribution in [0.2, 0.25) is 0 Å². The van der Waals surface area contributed by atoms with Gasteiger partial charge in [0, 0.05) is 75.7 Å². The molecule has 0 radical (unpaired) electrons. The molecule has 1 atom stereocenters. The Hall–Kier alpha value is -2.60. The zero-order valence-electron chi connectivity index (χ0n) is 19.2. The van der Waals surface area contributed by atoms with E-state index < -0.39 is 0 Å². The number of benzene rings is 1. The monoisotopic (exact) mass is 433 g/mol. The number of carbonyl (C=O) groups is 1. The maximum absolute atomic E-state index is 13.5. The highest BCUT2D eigenvalue weighted by Crippen LogP contribution is 2.27. The predicted octanol–water partition coefficient (Wildman–Crippen LogP) is 3.58. The van der Waals surface area contributed by atoms with Crippen molar-refractivity contribution in [1.29, 1.82) is 0 Å². The summed E-state index contributed by atoms with van der Waals surface area (Å²) in [5, 5.41) is 4.82. The molecule has 5 rings (SSSR count). The molecule has 1 aromatic heterocycles. The Bertz CT molecular complexity index is 958. The van der Waals surface area contributed by atoms with E-state index in [1.54, 1.807) is 0 Å². The lowest BCUT2D eigenvalue weighted by molar-refractivity contribution is 0.0737. The van der Waals surface area contributed by atoms with Crippen LogP contribution >= 0.6 is 0 Å². The molecule has 2 aliphatic heterocycles. The van der Waals surface area contributed by atoms with Gasteiger partial charge in [0.1, 0.15) is 0 Å². The van der Waals surface area contributed by atoms with Crippen LogP contribution in [-0.2, 0) is 19.5 Å². The number of amides is 1. The summed E-state index contributed by atoms with van der Waals surface area (Å²) in [7, 11) is 0. The first-order valence-electron chi connectivity index (χ1n) is 12.3. The van der Waals surface area contributed by atoms with Gasteiger partial charge >= 0.3 is 0 Å². The lowest BCUT2D eigenvalue weighted by Crippen LogP contribution is -2.49. The van der Waals surface area contributed by atoms with Crippen molar-refractivity contribution in [3.05, 3.63) is 59.4 Å². The third kappa shape index (κ3) is 4.33. The quantitative estimate of drug-likeness (QED) is 0.676. The van der Waals surface area contributed by atoms with E-state index in [2.05, 4.69) is 57.8 Å². The molecule has 1 amide bonds. The van der Waals surface area contributed by atoms with Gasteiger partial charge in [0.15, 0.2) is 5.69 Å². The normalized spacial score (nSPS) is 21.6. The molecule has 1 aromatic carbocycles. The van der Waals surface area contributed by atoms with Crippen molar-refractivity contribution < 1.29 is 4.79 Å². The second-order valence-corrected chi connectivity index (χ2v) is 9.34. The van der Waals surface area contributed by atoms with Crippen LogP contribution in [0.4, 0.5) is 5.69 Å². The van der Waals surface area contributed by atoms with Crippen LogP contribution in [0, 0.1) is 5.92 Å². The van der Waals surface area contributed by atoms with Gasteiger partial charge in [0.2, 0.25) is 0 Å². The summed E-state index contributed by atoms with van der Waals surface area (Å²) < 4.78 is 2.07. The van der Waals surface area contributed by atoms with Crippen molar-refractivity contribution in [2.45, 2.75) is 45.7 Å². The number of aryl methyl sites for hydroxylation is 1. The van der Waals surface area contributed by atoms with E-state index in [9.17, 15) is 4.79 Å². The summed E-state index contributed by atoms with van der Waals surface area (Å²) in [5.41, 5.74) is 4.39. The van der Waals surface area contributed by atoms with Gasteiger partial charge in [-0.1, -0.05) is 30.4 Å². The highest BCUT2D eigenvalue weighted by molar-refractivity contribution is 5.94. The Morgan fingerprint density at radius 2 is 1.88 bits per heavy atom. The topological polar surface area (TPSA) is 44.6 Å². The van der Waals surface area contributed by atoms with Gasteiger partial charge in [0.05, 0.1) is 0 Å². The van der Waals surface area contributed by atoms with E-state index >= 15 is 0 Å². The number of hydrogen-bond donors (Lipinski definition) is 0. The average Bonchev–Trinajstić information content (AvgIpc) is 3.23. The lowest BCUT2D eigenvalue weighted by atomic mass is 9.93. The van der Waals surface area contributed by atoms with Crippen LogP contribution in [-0.4, -0.2) is 64.8 Å². The van der Waals surface area contributed by atoms with Crippen molar-refractivity contribution in [1.82, 2.24) is 19.6 Å². The summed E-state index contributed by atoms with van der Waals surface area (Å²) in [6.45, 7) is 9.25. The van der Waals surface area contributed by atoms with Crippen molar-refractivity contribution >= 4 is 11.6 Å². The van der Waals surface area contributed by atoms with Gasteiger partial charge < -0.3 is 9.80 Å². The second kappa shape index (κ2) is 9.49. The lowest BCUT2D eigenvalue weighted by Gasteiger charge is -2.36. The number of carbonyl (C=O) groups excluding carboxylic acids is 1. The number of piperazine rings is 1. The van der Waals surface area contributed by atoms with Gasteiger partial charge in [-0.2, -0.15) is 5.10 Å². The molecular formula is C26H35N5O. The van der Waals surface area contributed by atoms with Gasteiger partial charge in [-0.3, -0.25) is 14.4 Å². The smallest absolute Gasteiger partial charge is 0.274 e. The van der Waals surface area contributed by atoms with E-state index in [1.165, 1.54) is 36.2 Å². The molecule has 1 fully saturated rings. The zero-order chi connectivity index (χ0) is 21.9. The van der Waals surface area contributed by atoms with Crippen molar-refractivity contribution in [2.75, 3.05) is 44.2 Å². The molecule has 1 saturated heterocycles. The molecule has 2 aromatic rings. The fourth-order valence-electron chi connectivity index (χ4n) is 5.48. The largest absolute Gasteiger partial charge is 0.368 e. The minimum absolute atomic E-state index is 0.114. The number of para-hydroxylation sites is 1. The highest BCUT2D eigenvalue weighted by atomic mass is 16.2. The van der Waals surface area contributed by atoms with E-state index in [0.29, 0.717) is 5.69 Å². The van der Waals surface area contributed by atoms with Crippen LogP contribution in [0.15, 0.2) is 42.5 Å². The summed E-state index contributed by atoms with van der Waals surface area (Å²) in [6, 6.07) is 10.5. The summed E-state index contributed by atoms with van der Waals surface area (Å²) >= 11 is 0. The minimum atomic E-state index is 0.114. The number of aromatic nitrogens is 2. The van der Waals surface area contributed by atoms with Crippen LogP contribution in [0.1, 0.15) is 47.9 Å². The summed E-state index contributed by atoms with van der Waals surface area (Å²) in [4.78, 5) is 20.5. The van der Waals surface area contributed by atoms with Gasteiger partial charge in [-0.05, 0) is 44.2 Å². The van der Waals surface area contributed by atoms with Crippen LogP contribution in [0.25, 0.3) is 0 Å². The van der Waals surface area contributed by atoms with Crippen LogP contribution < -0.4 is 4.90 Å². The molecule has 3 heterocycles. The Morgan fingerprint density at radius 1 is 1.06 bits per heavy atom. The molecule has 6 nitrogen and oxygen atoms in total. The molecule has 6 heteroatoms. The van der Waals surface area contributed by atoms with E-state index in [4.69, 9.17) is 5.10 Å². The number of rotatable bonds is 5. The first kappa shape index (κ1) is 21.3. The SMILES string of the molecule is CCn1nc(C(=O)N2CCN(c3ccccc3)CC2)c2c1CCN(CC1CC=CCC1)C2. The molecule has 0 N–H and O–H groups in total. The number of anilines is 1. The van der Waals surface area contributed by atoms with Gasteiger partial charge in [-0.25, -0.2) is 0 Å². The van der Waals surface area contributed by atoms with E-state index in [-0.39, 0.29) is 5.91 Å². The van der Waals surface area contributed by atoms with Crippen LogP contribution in [0.5, 0.6) is 0 Å². The molecule has 0 spiro atoms. The molecule has 0 bridgehead atoms. The van der Waals surface area contributed by atoms with Crippen molar-refractivity contribution in [3.63, 3.8) is 0 Å². The Morgan fingerprint density at radius 3 is 2.59 bits per heavy atom. The molecular weight excluding hydrogens is 398 g/mol. The first-order valence-corrected chi connectivity index (χ1v) is 12.3. The fraction of sp³-hybridized carbons (Fsp3) is 0.538. The fourth-order valence-corrected chi connectivity index (χ4v) is 5.48. The maximum atomic E-state index is 13.5. The maximum Gasteiger partial charge on any atom is 0.274 e. The third-order valence-corrected chi connectivity index (χ3v) is 7.30. The van der Waals surface area contributed by atoms with E-state index in [0.717, 1.165) is 64.7 Å². The summed E-state index contributed by atoms with van der Waals surface area (Å²) in [5.74, 6) is 0.858. The standard InChI is InChI=1S/C26H35N5O/c1-2-31-24-13-14-28(19-21-9-5-3-6-10-21)20-23(24)25(27-31)26(32)30-17-15-29(16-18-30)22-11-7-4-8-12-22/h3-5,7-8,11-12,21H,2,6,9-10,13-20H2,1H3. The average molecular weight is 434 g/mol. The number of allylic oxidation sites excluding steroid dienone is 2. The molecule has 0 saturated carbocycles. The van der Waals surface area contributed by atoms with Crippen molar-refractivity contribution in [2.24, 2.45) is 5.92 Å². The second-order valence-electron chi connectivity index (χ2n) is 9.34. The van der Waals surface area contributed by atoms with Crippen molar-refractivity contribution in [3.8, 4) is 0 Å². The summed E-state index contributed by atoms with van der Waals surface area (Å²) in [6.07, 6.45) is 9.32. The number of nitrogens with zero attached hydrogens (tertiary/aromatic N) is 5. The van der Waals surface area contributed by atoms with Crippen LogP contribution in [0.3, 0.4) is 0 Å². The molecule has 1 aliphatic carbocycles. The minimum Gasteiger partial charge on any atom is -0.368 e. The van der Waals surface area contributed by atoms with Gasteiger partial charge in [-0.15, -0.1) is 0 Å². The molecule has 3 aliphatic rings. The third-order valence-electron chi connectivity index (χ3n) is 7.30. The zero-order valence-corrected chi connectivity index (χ0v) is 19.2. The number of fused-ring (bicyclic) bond motifs is 1. The van der Waals surface area contributed by atoms with Gasteiger partial charge in [0.25, 0.3) is 5.91 Å². The highest BCUT2D eigenvalue weighted by Gasteiger charge is 2.32. The Kier molecular flexibility index (Phi) is 6.30. The number of hydrogen-bond acceptors (Lipinski definition) is 4. The Labute approximate surface area is 191 Å². The molecule has 32 heavy (non-hydrogen) atoms. The first-order chi connectivity index (χ1) is 15.7. The Balaban J connectivity index is 1.28. The molecule has 1 unspecified atom stereocenters.